The molecule has 0 saturated carbocycles. The van der Waals surface area contributed by atoms with Gasteiger partial charge in [-0.05, 0) is 59.2 Å². The van der Waals surface area contributed by atoms with Crippen molar-refractivity contribution in [3.63, 3.8) is 0 Å². The van der Waals surface area contributed by atoms with E-state index in [1.54, 1.807) is 12.4 Å². The van der Waals surface area contributed by atoms with E-state index in [9.17, 15) is 13.2 Å². The highest BCUT2D eigenvalue weighted by molar-refractivity contribution is 5.87. The van der Waals surface area contributed by atoms with Crippen molar-refractivity contribution in [3.05, 3.63) is 90.9 Å². The van der Waals surface area contributed by atoms with E-state index in [-0.39, 0.29) is 13.1 Å². The molecule has 0 radical (unpaired) electrons. The van der Waals surface area contributed by atoms with E-state index in [4.69, 9.17) is 9.72 Å². The number of hydrogen-bond acceptors (Lipinski definition) is 8. The summed E-state index contributed by atoms with van der Waals surface area (Å²) in [4.78, 5) is 9.08. The van der Waals surface area contributed by atoms with Crippen LogP contribution in [0.25, 0.3) is 44.1 Å². The third kappa shape index (κ3) is 4.76. The van der Waals surface area contributed by atoms with Gasteiger partial charge in [0.2, 0.25) is 5.82 Å². The minimum atomic E-state index is -4.54. The van der Waals surface area contributed by atoms with E-state index in [0.717, 1.165) is 49.7 Å². The number of alkyl halides is 3. The first-order valence-electron chi connectivity index (χ1n) is 15.1. The Balaban J connectivity index is 1.05. The molecule has 6 heterocycles. The fraction of sp³-hybridized carbons (Fsp3) is 0.182. The lowest BCUT2D eigenvalue weighted by molar-refractivity contribution is -0.148. The molecule has 0 fully saturated rings. The van der Waals surface area contributed by atoms with Crippen molar-refractivity contribution < 1.29 is 17.9 Å². The van der Waals surface area contributed by atoms with Gasteiger partial charge in [-0.15, -0.1) is 10.2 Å². The lowest BCUT2D eigenvalue weighted by Crippen LogP contribution is -2.40. The first-order valence-corrected chi connectivity index (χ1v) is 15.1. The number of rotatable bonds is 5. The largest absolute Gasteiger partial charge is 0.451 e. The Kier molecular flexibility index (Phi) is 6.09. The Hall–Kier alpha value is -5.76. The van der Waals surface area contributed by atoms with Crippen LogP contribution in [-0.4, -0.2) is 64.7 Å². The second kappa shape index (κ2) is 10.4. The third-order valence-corrected chi connectivity index (χ3v) is 8.83. The molecule has 0 spiro atoms. The van der Waals surface area contributed by atoms with E-state index in [0.29, 0.717) is 42.8 Å². The molecule has 2 aliphatic rings. The van der Waals surface area contributed by atoms with Gasteiger partial charge in [-0.1, -0.05) is 18.2 Å². The monoisotopic (exact) mass is 634 g/mol. The fourth-order valence-corrected chi connectivity index (χ4v) is 6.42. The maximum absolute atomic E-state index is 13.4. The SMILES string of the molecule is FC(F)(F)c1nnc2n1CCN(CCN1c3ccc(-c4ccc5[nH]ncc5c4)cc3Oc3cc(-c4ccc5[nH]ncc5c4)cnc31)C2. The number of hydrogen-bond donors (Lipinski definition) is 2. The molecular formula is C33H25F3N10O. The Morgan fingerprint density at radius 2 is 1.40 bits per heavy atom. The van der Waals surface area contributed by atoms with Crippen molar-refractivity contribution in [2.24, 2.45) is 0 Å². The van der Waals surface area contributed by atoms with Crippen LogP contribution < -0.4 is 9.64 Å². The molecular weight excluding hydrogens is 609 g/mol. The molecule has 0 bridgehead atoms. The van der Waals surface area contributed by atoms with E-state index in [1.165, 1.54) is 4.57 Å². The van der Waals surface area contributed by atoms with Crippen LogP contribution in [0.2, 0.25) is 0 Å². The normalized spacial score (nSPS) is 14.7. The molecule has 2 N–H and O–H groups in total. The van der Waals surface area contributed by atoms with E-state index < -0.39 is 12.0 Å². The van der Waals surface area contributed by atoms with Crippen LogP contribution in [0, 0.1) is 0 Å². The zero-order valence-electron chi connectivity index (χ0n) is 24.7. The third-order valence-electron chi connectivity index (χ3n) is 8.83. The highest BCUT2D eigenvalue weighted by Crippen LogP contribution is 2.48. The molecule has 0 aliphatic carbocycles. The second-order valence-electron chi connectivity index (χ2n) is 11.7. The van der Waals surface area contributed by atoms with Gasteiger partial charge in [0.25, 0.3) is 0 Å². The zero-order chi connectivity index (χ0) is 31.7. The number of aromatic amines is 2. The molecule has 11 nitrogen and oxygen atoms in total. The number of nitrogens with one attached hydrogen (secondary N) is 2. The molecule has 2 aliphatic heterocycles. The minimum Gasteiger partial charge on any atom is -0.451 e. The topological polar surface area (TPSA) is 117 Å². The number of anilines is 2. The van der Waals surface area contributed by atoms with Crippen molar-refractivity contribution in [2.75, 3.05) is 24.5 Å². The first kappa shape index (κ1) is 27.5. The van der Waals surface area contributed by atoms with Crippen molar-refractivity contribution in [1.82, 2.24) is 45.0 Å². The highest BCUT2D eigenvalue weighted by Gasteiger charge is 2.39. The van der Waals surface area contributed by atoms with Gasteiger partial charge in [0, 0.05) is 48.7 Å². The van der Waals surface area contributed by atoms with Crippen molar-refractivity contribution in [3.8, 4) is 33.8 Å². The van der Waals surface area contributed by atoms with Crippen LogP contribution in [-0.2, 0) is 19.3 Å². The first-order chi connectivity index (χ1) is 22.9. The van der Waals surface area contributed by atoms with Gasteiger partial charge in [-0.3, -0.25) is 15.1 Å². The van der Waals surface area contributed by atoms with Crippen LogP contribution in [0.5, 0.6) is 11.5 Å². The molecule has 7 aromatic rings. The predicted molar refractivity (Wildman–Crippen MR) is 168 cm³/mol. The lowest BCUT2D eigenvalue weighted by atomic mass is 10.0. The van der Waals surface area contributed by atoms with Gasteiger partial charge < -0.3 is 14.2 Å². The molecule has 4 aromatic heterocycles. The fourth-order valence-electron chi connectivity index (χ4n) is 6.42. The van der Waals surface area contributed by atoms with E-state index in [2.05, 4.69) is 58.6 Å². The summed E-state index contributed by atoms with van der Waals surface area (Å²) in [7, 11) is 0. The quantitative estimate of drug-likeness (QED) is 0.219. The number of fused-ring (bicyclic) bond motifs is 5. The highest BCUT2D eigenvalue weighted by atomic mass is 19.4. The summed E-state index contributed by atoms with van der Waals surface area (Å²) >= 11 is 0. The van der Waals surface area contributed by atoms with Crippen molar-refractivity contribution >= 4 is 33.3 Å². The number of pyridine rings is 1. The van der Waals surface area contributed by atoms with Gasteiger partial charge in [0.05, 0.1) is 35.7 Å². The standard InChI is InChI=1S/C33H25F3N10O/c34-33(35,36)32-43-42-30-18-44(8-10-46(30)32)7-9-45-27-6-3-21(19-1-4-25-23(11-19)16-38-40-25)13-28(27)47-29-14-22(15-37-31(29)45)20-2-5-26-24(12-20)17-39-41-26/h1-6,11-17H,7-10,18H2,(H,38,40)(H,39,41). The lowest BCUT2D eigenvalue weighted by Gasteiger charge is -2.35. The van der Waals surface area contributed by atoms with Crippen LogP contribution in [0.3, 0.4) is 0 Å². The summed E-state index contributed by atoms with van der Waals surface area (Å²) in [5.41, 5.74) is 6.65. The van der Waals surface area contributed by atoms with Crippen LogP contribution in [0.4, 0.5) is 24.7 Å². The summed E-state index contributed by atoms with van der Waals surface area (Å²) < 4.78 is 47.9. The summed E-state index contributed by atoms with van der Waals surface area (Å²) in [5, 5.41) is 23.5. The summed E-state index contributed by atoms with van der Waals surface area (Å²) in [6.07, 6.45) is 0.881. The Morgan fingerprint density at radius 1 is 0.723 bits per heavy atom. The Bertz CT molecular complexity index is 2180. The van der Waals surface area contributed by atoms with E-state index in [1.807, 2.05) is 48.7 Å². The molecule has 0 unspecified atom stereocenters. The maximum Gasteiger partial charge on any atom is 0.451 e. The van der Waals surface area contributed by atoms with Gasteiger partial charge in [-0.25, -0.2) is 4.98 Å². The average Bonchev–Trinajstić information content (AvgIpc) is 3.84. The van der Waals surface area contributed by atoms with Gasteiger partial charge in [0.1, 0.15) is 5.82 Å². The second-order valence-corrected chi connectivity index (χ2v) is 11.7. The molecule has 234 valence electrons. The minimum absolute atomic E-state index is 0.167. The number of ether oxygens (including phenoxy) is 1. The molecule has 0 amide bonds. The van der Waals surface area contributed by atoms with Gasteiger partial charge in [0.15, 0.2) is 17.3 Å². The number of halogens is 3. The maximum atomic E-state index is 13.4. The van der Waals surface area contributed by atoms with Gasteiger partial charge >= 0.3 is 6.18 Å². The van der Waals surface area contributed by atoms with Gasteiger partial charge in [-0.2, -0.15) is 23.4 Å². The van der Waals surface area contributed by atoms with Crippen LogP contribution >= 0.6 is 0 Å². The average molecular weight is 635 g/mol. The molecule has 9 rings (SSSR count). The van der Waals surface area contributed by atoms with Crippen molar-refractivity contribution in [1.29, 1.82) is 0 Å². The number of nitrogens with zero attached hydrogens (tertiary/aromatic N) is 8. The Labute approximate surface area is 264 Å². The van der Waals surface area contributed by atoms with Crippen LogP contribution in [0.15, 0.2) is 79.3 Å². The number of benzene rings is 3. The van der Waals surface area contributed by atoms with E-state index >= 15 is 0 Å². The zero-order valence-corrected chi connectivity index (χ0v) is 24.7. The predicted octanol–water partition coefficient (Wildman–Crippen LogP) is 6.54. The molecule has 47 heavy (non-hydrogen) atoms. The number of aromatic nitrogens is 8. The molecule has 0 saturated heterocycles. The Morgan fingerprint density at radius 3 is 2.15 bits per heavy atom. The smallest absolute Gasteiger partial charge is 0.451 e. The molecule has 0 atom stereocenters. The summed E-state index contributed by atoms with van der Waals surface area (Å²) in [6.45, 7) is 1.96. The molecule has 3 aromatic carbocycles. The van der Waals surface area contributed by atoms with Crippen LogP contribution in [0.1, 0.15) is 11.6 Å². The summed E-state index contributed by atoms with van der Waals surface area (Å²) in [6, 6.07) is 20.3. The molecule has 14 heteroatoms. The van der Waals surface area contributed by atoms with Crippen molar-refractivity contribution in [2.45, 2.75) is 19.3 Å². The number of H-pyrrole nitrogens is 2. The summed E-state index contributed by atoms with van der Waals surface area (Å²) in [5.74, 6) is 1.32.